The summed E-state index contributed by atoms with van der Waals surface area (Å²) >= 11 is 7.55. The number of hydrogen-bond acceptors (Lipinski definition) is 4. The van der Waals surface area contributed by atoms with Crippen LogP contribution in [0.15, 0.2) is 33.6 Å². The van der Waals surface area contributed by atoms with Crippen LogP contribution < -0.4 is 5.32 Å². The summed E-state index contributed by atoms with van der Waals surface area (Å²) in [4.78, 5) is 24.4. The highest BCUT2D eigenvalue weighted by Gasteiger charge is 2.20. The molecule has 2 rings (SSSR count). The Hall–Kier alpha value is -1.92. The molecule has 2 N–H and O–H groups in total. The highest BCUT2D eigenvalue weighted by Crippen LogP contribution is 2.30. The van der Waals surface area contributed by atoms with Gasteiger partial charge in [-0.15, -0.1) is 11.8 Å². The molecule has 0 saturated heterocycles. The molecule has 122 valence electrons. The second-order valence-corrected chi connectivity index (χ2v) is 6.38. The molecule has 23 heavy (non-hydrogen) atoms. The van der Waals surface area contributed by atoms with E-state index >= 15 is 0 Å². The quantitative estimate of drug-likeness (QED) is 0.744. The number of carbonyl (C=O) groups excluding carboxylic acids is 1. The molecule has 5 nitrogen and oxygen atoms in total. The molecule has 0 saturated carbocycles. The van der Waals surface area contributed by atoms with Crippen LogP contribution in [0.5, 0.6) is 0 Å². The largest absolute Gasteiger partial charge is 0.478 e. The number of carbonyl (C=O) groups is 2. The molecule has 2 aromatic rings. The number of amides is 1. The van der Waals surface area contributed by atoms with Gasteiger partial charge < -0.3 is 14.8 Å². The number of carboxylic acids is 1. The molecule has 1 aromatic heterocycles. The van der Waals surface area contributed by atoms with Crippen molar-refractivity contribution in [3.63, 3.8) is 0 Å². The molecule has 7 heteroatoms. The summed E-state index contributed by atoms with van der Waals surface area (Å²) in [5.74, 6) is -0.542. The summed E-state index contributed by atoms with van der Waals surface area (Å²) in [6, 6.07) is 6.47. The molecule has 0 aliphatic carbocycles. The van der Waals surface area contributed by atoms with Crippen molar-refractivity contribution in [2.45, 2.75) is 25.2 Å². The fourth-order valence-corrected chi connectivity index (χ4v) is 2.96. The number of rotatable bonds is 6. The molecule has 0 fully saturated rings. The van der Waals surface area contributed by atoms with Crippen molar-refractivity contribution in [1.82, 2.24) is 0 Å². The number of aryl methyl sites for hydroxylation is 1. The van der Waals surface area contributed by atoms with Crippen LogP contribution in [0.25, 0.3) is 0 Å². The monoisotopic (exact) mass is 353 g/mol. The van der Waals surface area contributed by atoms with E-state index in [-0.39, 0.29) is 17.1 Å². The molecule has 0 radical (unpaired) electrons. The van der Waals surface area contributed by atoms with Crippen LogP contribution in [0, 0.1) is 0 Å². The van der Waals surface area contributed by atoms with Gasteiger partial charge in [0.25, 0.3) is 5.91 Å². The minimum Gasteiger partial charge on any atom is -0.478 e. The molecule has 0 atom stereocenters. The van der Waals surface area contributed by atoms with E-state index in [0.717, 1.165) is 10.6 Å². The van der Waals surface area contributed by atoms with Gasteiger partial charge in [-0.05, 0) is 24.0 Å². The lowest BCUT2D eigenvalue weighted by molar-refractivity contribution is 0.0694. The maximum atomic E-state index is 12.3. The van der Waals surface area contributed by atoms with Crippen molar-refractivity contribution < 1.29 is 19.1 Å². The average molecular weight is 354 g/mol. The molecule has 0 aliphatic rings. The topological polar surface area (TPSA) is 79.5 Å². The minimum atomic E-state index is -1.12. The van der Waals surface area contributed by atoms with E-state index in [1.54, 1.807) is 30.8 Å². The van der Waals surface area contributed by atoms with E-state index in [1.807, 2.05) is 13.0 Å². The third kappa shape index (κ3) is 4.09. The summed E-state index contributed by atoms with van der Waals surface area (Å²) in [6.07, 6.45) is 0.392. The lowest BCUT2D eigenvalue weighted by atomic mass is 10.2. The molecule has 0 bridgehead atoms. The Bertz CT molecular complexity index is 742. The fourth-order valence-electron chi connectivity index (χ4n) is 2.05. The van der Waals surface area contributed by atoms with Crippen LogP contribution in [0.3, 0.4) is 0 Å². The zero-order valence-corrected chi connectivity index (χ0v) is 14.3. The molecule has 1 heterocycles. The summed E-state index contributed by atoms with van der Waals surface area (Å²) in [7, 11) is 0. The van der Waals surface area contributed by atoms with Crippen LogP contribution >= 0.6 is 23.4 Å². The number of halogens is 1. The molecule has 0 unspecified atom stereocenters. The van der Waals surface area contributed by atoms with E-state index in [9.17, 15) is 9.59 Å². The number of hydrogen-bond donors (Lipinski definition) is 2. The number of carboxylic acid groups (broad SMARTS) is 1. The molecular formula is C16H16ClNO4S. The van der Waals surface area contributed by atoms with Crippen molar-refractivity contribution in [2.75, 3.05) is 11.1 Å². The van der Waals surface area contributed by atoms with Crippen molar-refractivity contribution >= 4 is 40.9 Å². The van der Waals surface area contributed by atoms with Crippen LogP contribution in [-0.2, 0) is 6.42 Å². The number of nitrogens with one attached hydrogen (secondary N) is 1. The Kier molecular flexibility index (Phi) is 5.74. The van der Waals surface area contributed by atoms with Crippen LogP contribution in [0.2, 0.25) is 5.02 Å². The Balaban J connectivity index is 2.29. The van der Waals surface area contributed by atoms with Gasteiger partial charge in [0.2, 0.25) is 0 Å². The first-order chi connectivity index (χ1) is 11.0. The second-order valence-electron chi connectivity index (χ2n) is 4.63. The maximum Gasteiger partial charge on any atom is 0.339 e. The summed E-state index contributed by atoms with van der Waals surface area (Å²) in [5.41, 5.74) is 0.576. The van der Waals surface area contributed by atoms with Gasteiger partial charge in [0.15, 0.2) is 5.76 Å². The zero-order chi connectivity index (χ0) is 17.0. The van der Waals surface area contributed by atoms with Crippen molar-refractivity contribution in [3.8, 4) is 0 Å². The predicted molar refractivity (Wildman–Crippen MR) is 90.8 cm³/mol. The van der Waals surface area contributed by atoms with E-state index < -0.39 is 11.9 Å². The van der Waals surface area contributed by atoms with Crippen LogP contribution in [0.4, 0.5) is 5.69 Å². The summed E-state index contributed by atoms with van der Waals surface area (Å²) in [6.45, 7) is 3.77. The third-order valence-corrected chi connectivity index (χ3v) is 4.26. The Labute approximate surface area is 143 Å². The van der Waals surface area contributed by atoms with Crippen LogP contribution in [0.1, 0.15) is 40.5 Å². The van der Waals surface area contributed by atoms with Crippen LogP contribution in [-0.4, -0.2) is 22.7 Å². The third-order valence-electron chi connectivity index (χ3n) is 3.07. The normalized spacial score (nSPS) is 10.6. The van der Waals surface area contributed by atoms with Gasteiger partial charge in [-0.25, -0.2) is 4.79 Å². The summed E-state index contributed by atoms with van der Waals surface area (Å²) < 4.78 is 5.36. The zero-order valence-electron chi connectivity index (χ0n) is 12.7. The molecular weight excluding hydrogens is 338 g/mol. The van der Waals surface area contributed by atoms with E-state index in [2.05, 4.69) is 5.32 Å². The number of furan rings is 1. The lowest BCUT2D eigenvalue weighted by Crippen LogP contribution is -2.11. The summed E-state index contributed by atoms with van der Waals surface area (Å²) in [5, 5.41) is 12.3. The Morgan fingerprint density at radius 3 is 2.61 bits per heavy atom. The Morgan fingerprint density at radius 2 is 2.04 bits per heavy atom. The SMILES string of the molecule is CCSc1ccc(Cl)cc1NC(=O)c1cc(C(=O)O)c(CC)o1. The van der Waals surface area contributed by atoms with Crippen molar-refractivity contribution in [2.24, 2.45) is 0 Å². The van der Waals surface area contributed by atoms with Crippen molar-refractivity contribution in [3.05, 3.63) is 46.4 Å². The molecule has 0 aliphatic heterocycles. The van der Waals surface area contributed by atoms with Gasteiger partial charge in [-0.3, -0.25) is 4.79 Å². The van der Waals surface area contributed by atoms with Gasteiger partial charge in [0, 0.05) is 22.4 Å². The van der Waals surface area contributed by atoms with E-state index in [0.29, 0.717) is 17.1 Å². The van der Waals surface area contributed by atoms with Gasteiger partial charge >= 0.3 is 5.97 Å². The first-order valence-electron chi connectivity index (χ1n) is 7.06. The number of thioether (sulfide) groups is 1. The van der Waals surface area contributed by atoms with Gasteiger partial charge in [-0.2, -0.15) is 0 Å². The van der Waals surface area contributed by atoms with Gasteiger partial charge in [-0.1, -0.05) is 25.4 Å². The number of benzene rings is 1. The smallest absolute Gasteiger partial charge is 0.339 e. The average Bonchev–Trinajstić information content (AvgIpc) is 2.95. The second kappa shape index (κ2) is 7.57. The first kappa shape index (κ1) is 17.4. The van der Waals surface area contributed by atoms with Gasteiger partial charge in [0.05, 0.1) is 5.69 Å². The minimum absolute atomic E-state index is 0.00639. The fraction of sp³-hybridized carbons (Fsp3) is 0.250. The molecule has 1 aromatic carbocycles. The maximum absolute atomic E-state index is 12.3. The van der Waals surface area contributed by atoms with E-state index in [1.165, 1.54) is 6.07 Å². The standard InChI is InChI=1S/C16H16ClNO4S/c1-3-12-10(16(20)21)8-13(22-12)15(19)18-11-7-9(17)5-6-14(11)23-4-2/h5-8H,3-4H2,1-2H3,(H,18,19)(H,20,21). The Morgan fingerprint density at radius 1 is 1.30 bits per heavy atom. The van der Waals surface area contributed by atoms with Gasteiger partial charge in [0.1, 0.15) is 11.3 Å². The van der Waals surface area contributed by atoms with E-state index in [4.69, 9.17) is 21.1 Å². The highest BCUT2D eigenvalue weighted by molar-refractivity contribution is 7.99. The predicted octanol–water partition coefficient (Wildman–Crippen LogP) is 4.56. The van der Waals surface area contributed by atoms with Crippen molar-refractivity contribution in [1.29, 1.82) is 0 Å². The molecule has 0 spiro atoms. The molecule has 1 amide bonds. The number of anilines is 1. The lowest BCUT2D eigenvalue weighted by Gasteiger charge is -2.09. The number of aromatic carboxylic acids is 1. The first-order valence-corrected chi connectivity index (χ1v) is 8.42. The highest BCUT2D eigenvalue weighted by atomic mass is 35.5.